The molecule has 0 saturated carbocycles. The van der Waals surface area contributed by atoms with E-state index in [1.54, 1.807) is 19.9 Å². The van der Waals surface area contributed by atoms with Crippen molar-refractivity contribution in [2.24, 2.45) is 0 Å². The van der Waals surface area contributed by atoms with Gasteiger partial charge in [-0.25, -0.2) is 4.79 Å². The minimum atomic E-state index is -1.04. The summed E-state index contributed by atoms with van der Waals surface area (Å²) >= 11 is 1.18. The van der Waals surface area contributed by atoms with E-state index in [9.17, 15) is 9.59 Å². The highest BCUT2D eigenvalue weighted by atomic mass is 32.1. The largest absolute Gasteiger partial charge is 0.478 e. The van der Waals surface area contributed by atoms with Gasteiger partial charge in [0.05, 0.1) is 4.88 Å². The van der Waals surface area contributed by atoms with Gasteiger partial charge in [-0.05, 0) is 31.6 Å². The maximum Gasteiger partial charge on any atom is 0.328 e. The van der Waals surface area contributed by atoms with E-state index < -0.39 is 5.97 Å². The Bertz CT molecular complexity index is 687. The van der Waals surface area contributed by atoms with E-state index in [1.807, 2.05) is 0 Å². The number of aryl methyl sites for hydroxylation is 2. The Hall–Kier alpha value is -2.48. The number of thiophene rings is 1. The lowest BCUT2D eigenvalue weighted by atomic mass is 10.2. The molecule has 0 atom stereocenters. The van der Waals surface area contributed by atoms with Gasteiger partial charge in [-0.3, -0.25) is 10.1 Å². The number of aliphatic carboxylic acids is 1. The van der Waals surface area contributed by atoms with Gasteiger partial charge in [-0.2, -0.15) is 4.98 Å². The number of hydrogen-bond donors (Lipinski definition) is 2. The Morgan fingerprint density at radius 2 is 2.20 bits per heavy atom. The van der Waals surface area contributed by atoms with Gasteiger partial charge in [-0.15, -0.1) is 11.3 Å². The summed E-state index contributed by atoms with van der Waals surface area (Å²) in [5.74, 6) is -0.991. The molecule has 0 unspecified atom stereocenters. The van der Waals surface area contributed by atoms with Crippen LogP contribution in [-0.4, -0.2) is 27.1 Å². The van der Waals surface area contributed by atoms with Gasteiger partial charge in [0.2, 0.25) is 0 Å². The third-order valence-electron chi connectivity index (χ3n) is 2.31. The average molecular weight is 293 g/mol. The summed E-state index contributed by atoms with van der Waals surface area (Å²) < 4.78 is 4.79. The van der Waals surface area contributed by atoms with Gasteiger partial charge in [0.25, 0.3) is 5.91 Å². The highest BCUT2D eigenvalue weighted by Gasteiger charge is 2.14. The van der Waals surface area contributed by atoms with Crippen LogP contribution in [0.4, 0.5) is 6.01 Å². The van der Waals surface area contributed by atoms with E-state index in [0.29, 0.717) is 15.6 Å². The molecule has 2 aromatic rings. The monoisotopic (exact) mass is 293 g/mol. The molecule has 0 spiro atoms. The van der Waals surface area contributed by atoms with Crippen molar-refractivity contribution in [3.8, 4) is 0 Å². The number of anilines is 1. The topological polar surface area (TPSA) is 105 Å². The highest BCUT2D eigenvalue weighted by molar-refractivity contribution is 7.15. The molecule has 0 fully saturated rings. The van der Waals surface area contributed by atoms with Gasteiger partial charge in [0, 0.05) is 11.0 Å². The molecular formula is C12H11N3O4S. The quantitative estimate of drug-likeness (QED) is 0.836. The number of carbonyl (C=O) groups is 2. The second-order valence-electron chi connectivity index (χ2n) is 3.93. The average Bonchev–Trinajstić information content (AvgIpc) is 2.93. The number of nitrogens with one attached hydrogen (secondary N) is 1. The molecule has 7 nitrogen and oxygen atoms in total. The Morgan fingerprint density at radius 3 is 2.80 bits per heavy atom. The van der Waals surface area contributed by atoms with E-state index in [-0.39, 0.29) is 11.9 Å². The standard InChI is InChI=1S/C12H11N3O4S/c1-6-5-9(20-8(6)3-4-10(16)17)11(18)14-12-13-7(2)15-19-12/h3-5H,1-2H3,(H,16,17)(H,13,14,15,18)/b4-3+. The first-order chi connectivity index (χ1) is 9.45. The molecule has 1 amide bonds. The summed E-state index contributed by atoms with van der Waals surface area (Å²) in [4.78, 5) is 27.4. The molecule has 0 bridgehead atoms. The van der Waals surface area contributed by atoms with Crippen LogP contribution in [0.5, 0.6) is 0 Å². The molecule has 0 aliphatic rings. The van der Waals surface area contributed by atoms with Crippen LogP contribution in [0.25, 0.3) is 6.08 Å². The molecule has 0 radical (unpaired) electrons. The lowest BCUT2D eigenvalue weighted by Crippen LogP contribution is -2.10. The summed E-state index contributed by atoms with van der Waals surface area (Å²) in [6.07, 6.45) is 2.48. The zero-order valence-electron chi connectivity index (χ0n) is 10.7. The van der Waals surface area contributed by atoms with Crippen LogP contribution in [0, 0.1) is 13.8 Å². The van der Waals surface area contributed by atoms with E-state index in [1.165, 1.54) is 17.4 Å². The van der Waals surface area contributed by atoms with Crippen molar-refractivity contribution in [3.05, 3.63) is 33.3 Å². The molecule has 2 rings (SSSR count). The Balaban J connectivity index is 2.15. The van der Waals surface area contributed by atoms with Crippen molar-refractivity contribution >= 4 is 35.3 Å². The van der Waals surface area contributed by atoms with E-state index in [0.717, 1.165) is 11.6 Å². The fourth-order valence-electron chi connectivity index (χ4n) is 1.43. The number of aromatic nitrogens is 2. The van der Waals surface area contributed by atoms with Crippen LogP contribution in [0.15, 0.2) is 16.7 Å². The zero-order chi connectivity index (χ0) is 14.7. The van der Waals surface area contributed by atoms with Gasteiger partial charge < -0.3 is 9.63 Å². The Labute approximate surface area is 117 Å². The van der Waals surface area contributed by atoms with Crippen LogP contribution in [0.3, 0.4) is 0 Å². The smallest absolute Gasteiger partial charge is 0.328 e. The summed E-state index contributed by atoms with van der Waals surface area (Å²) in [5, 5.41) is 14.6. The third kappa shape index (κ3) is 3.29. The first-order valence-electron chi connectivity index (χ1n) is 5.59. The summed E-state index contributed by atoms with van der Waals surface area (Å²) in [6, 6.07) is 1.70. The lowest BCUT2D eigenvalue weighted by molar-refractivity contribution is -0.131. The lowest BCUT2D eigenvalue weighted by Gasteiger charge is -1.95. The van der Waals surface area contributed by atoms with Crippen LogP contribution < -0.4 is 5.32 Å². The fourth-order valence-corrected chi connectivity index (χ4v) is 2.40. The number of carboxylic acid groups (broad SMARTS) is 1. The zero-order valence-corrected chi connectivity index (χ0v) is 11.5. The van der Waals surface area contributed by atoms with Gasteiger partial charge >= 0.3 is 12.0 Å². The molecule has 0 aliphatic heterocycles. The van der Waals surface area contributed by atoms with Crippen molar-refractivity contribution in [1.82, 2.24) is 10.1 Å². The number of hydrogen-bond acceptors (Lipinski definition) is 6. The first-order valence-corrected chi connectivity index (χ1v) is 6.40. The van der Waals surface area contributed by atoms with E-state index in [2.05, 4.69) is 15.5 Å². The summed E-state index contributed by atoms with van der Waals surface area (Å²) in [6.45, 7) is 3.44. The molecule has 2 heterocycles. The summed E-state index contributed by atoms with van der Waals surface area (Å²) in [5.41, 5.74) is 0.819. The van der Waals surface area contributed by atoms with Gasteiger partial charge in [0.15, 0.2) is 5.82 Å². The van der Waals surface area contributed by atoms with Crippen LogP contribution in [0.2, 0.25) is 0 Å². The molecule has 104 valence electrons. The number of nitrogens with zero attached hydrogens (tertiary/aromatic N) is 2. The summed E-state index contributed by atoms with van der Waals surface area (Å²) in [7, 11) is 0. The minimum absolute atomic E-state index is 0.0289. The van der Waals surface area contributed by atoms with E-state index in [4.69, 9.17) is 9.63 Å². The van der Waals surface area contributed by atoms with Crippen molar-refractivity contribution in [2.45, 2.75) is 13.8 Å². The maximum atomic E-state index is 12.0. The fraction of sp³-hybridized carbons (Fsp3) is 0.167. The first kappa shape index (κ1) is 13.9. The van der Waals surface area contributed by atoms with E-state index >= 15 is 0 Å². The van der Waals surface area contributed by atoms with Gasteiger partial charge in [0.1, 0.15) is 0 Å². The van der Waals surface area contributed by atoms with Crippen molar-refractivity contribution in [3.63, 3.8) is 0 Å². The van der Waals surface area contributed by atoms with Crippen LogP contribution >= 0.6 is 11.3 Å². The second-order valence-corrected chi connectivity index (χ2v) is 5.01. The molecule has 8 heteroatoms. The molecular weight excluding hydrogens is 282 g/mol. The number of carboxylic acids is 1. The molecule has 0 saturated heterocycles. The van der Waals surface area contributed by atoms with Gasteiger partial charge in [-0.1, -0.05) is 5.16 Å². The SMILES string of the molecule is Cc1noc(NC(=O)c2cc(C)c(/C=C/C(=O)O)s2)n1. The minimum Gasteiger partial charge on any atom is -0.478 e. The molecule has 2 aromatic heterocycles. The predicted molar refractivity (Wildman–Crippen MR) is 72.7 cm³/mol. The highest BCUT2D eigenvalue weighted by Crippen LogP contribution is 2.24. The Morgan fingerprint density at radius 1 is 1.45 bits per heavy atom. The number of amides is 1. The Kier molecular flexibility index (Phi) is 3.94. The normalized spacial score (nSPS) is 10.9. The number of carbonyl (C=O) groups excluding carboxylic acids is 1. The predicted octanol–water partition coefficient (Wildman–Crippen LogP) is 2.10. The van der Waals surface area contributed by atoms with Crippen molar-refractivity contribution < 1.29 is 19.2 Å². The van der Waals surface area contributed by atoms with Crippen molar-refractivity contribution in [1.29, 1.82) is 0 Å². The van der Waals surface area contributed by atoms with Crippen molar-refractivity contribution in [2.75, 3.05) is 5.32 Å². The number of rotatable bonds is 4. The molecule has 0 aliphatic carbocycles. The molecule has 2 N–H and O–H groups in total. The second kappa shape index (κ2) is 5.66. The van der Waals surface area contributed by atoms with Crippen LogP contribution in [-0.2, 0) is 4.79 Å². The van der Waals surface area contributed by atoms with Crippen LogP contribution in [0.1, 0.15) is 25.9 Å². The molecule has 20 heavy (non-hydrogen) atoms. The molecule has 0 aromatic carbocycles. The third-order valence-corrected chi connectivity index (χ3v) is 3.51. The maximum absolute atomic E-state index is 12.0.